The minimum absolute atomic E-state index is 0.0572. The van der Waals surface area contributed by atoms with Gasteiger partial charge in [-0.05, 0) is 13.0 Å². The number of rotatable bonds is 6. The number of benzene rings is 1. The van der Waals surface area contributed by atoms with Gasteiger partial charge in [0.2, 0.25) is 5.91 Å². The summed E-state index contributed by atoms with van der Waals surface area (Å²) in [4.78, 5) is 13.0. The van der Waals surface area contributed by atoms with Gasteiger partial charge < -0.3 is 15.3 Å². The monoisotopic (exact) mass is 254 g/mol. The summed E-state index contributed by atoms with van der Waals surface area (Å²) < 4.78 is 13.3. The molecule has 0 aliphatic carbocycles. The molecule has 0 bridgehead atoms. The molecule has 2 N–H and O–H groups in total. The van der Waals surface area contributed by atoms with Crippen LogP contribution in [0.15, 0.2) is 24.3 Å². The number of amides is 1. The Morgan fingerprint density at radius 1 is 1.50 bits per heavy atom. The number of aliphatic hydroxyl groups excluding tert-OH is 1. The Kier molecular flexibility index (Phi) is 5.74. The van der Waals surface area contributed by atoms with Crippen LogP contribution < -0.4 is 5.32 Å². The Morgan fingerprint density at radius 2 is 2.17 bits per heavy atom. The van der Waals surface area contributed by atoms with Crippen molar-refractivity contribution in [3.8, 4) is 0 Å². The summed E-state index contributed by atoms with van der Waals surface area (Å²) in [7, 11) is 1.71. The SMILES string of the molecule is CCN(C)C(=O)CNCC(O)c1ccccc1F. The van der Waals surface area contributed by atoms with Gasteiger partial charge in [0.15, 0.2) is 0 Å². The highest BCUT2D eigenvalue weighted by Crippen LogP contribution is 2.15. The van der Waals surface area contributed by atoms with Crippen molar-refractivity contribution in [1.29, 1.82) is 0 Å². The molecule has 0 fully saturated rings. The molecule has 1 rings (SSSR count). The summed E-state index contributed by atoms with van der Waals surface area (Å²) in [6.07, 6.45) is -0.953. The maximum atomic E-state index is 13.3. The van der Waals surface area contributed by atoms with Gasteiger partial charge in [0.05, 0.1) is 12.6 Å². The molecule has 0 heterocycles. The quantitative estimate of drug-likeness (QED) is 0.794. The zero-order chi connectivity index (χ0) is 13.5. The number of nitrogens with zero attached hydrogens (tertiary/aromatic N) is 1. The van der Waals surface area contributed by atoms with Crippen molar-refractivity contribution in [2.75, 3.05) is 26.7 Å². The largest absolute Gasteiger partial charge is 0.387 e. The second kappa shape index (κ2) is 7.08. The van der Waals surface area contributed by atoms with Crippen LogP contribution in [0.5, 0.6) is 0 Å². The Bertz CT molecular complexity index is 398. The Hall–Kier alpha value is -1.46. The second-order valence-electron chi connectivity index (χ2n) is 4.08. The average Bonchev–Trinajstić information content (AvgIpc) is 2.37. The molecule has 5 heteroatoms. The molecule has 1 amide bonds. The van der Waals surface area contributed by atoms with Gasteiger partial charge in [0.1, 0.15) is 5.82 Å². The Morgan fingerprint density at radius 3 is 2.78 bits per heavy atom. The van der Waals surface area contributed by atoms with E-state index in [0.29, 0.717) is 6.54 Å². The topological polar surface area (TPSA) is 52.6 Å². The molecular weight excluding hydrogens is 235 g/mol. The molecular formula is C13H19FN2O2. The lowest BCUT2D eigenvalue weighted by Crippen LogP contribution is -2.36. The predicted molar refractivity (Wildman–Crippen MR) is 67.5 cm³/mol. The molecule has 0 saturated carbocycles. The normalized spacial score (nSPS) is 12.2. The zero-order valence-electron chi connectivity index (χ0n) is 10.7. The number of halogens is 1. The number of carbonyl (C=O) groups excluding carboxylic acids is 1. The molecule has 100 valence electrons. The lowest BCUT2D eigenvalue weighted by molar-refractivity contribution is -0.128. The van der Waals surface area contributed by atoms with Crippen LogP contribution in [0.25, 0.3) is 0 Å². The first kappa shape index (κ1) is 14.6. The maximum absolute atomic E-state index is 13.3. The van der Waals surface area contributed by atoms with Crippen molar-refractivity contribution in [3.05, 3.63) is 35.6 Å². The Labute approximate surface area is 106 Å². The van der Waals surface area contributed by atoms with E-state index in [-0.39, 0.29) is 24.6 Å². The smallest absolute Gasteiger partial charge is 0.236 e. The van der Waals surface area contributed by atoms with Crippen molar-refractivity contribution in [1.82, 2.24) is 10.2 Å². The van der Waals surface area contributed by atoms with Crippen LogP contribution in [0.2, 0.25) is 0 Å². The van der Waals surface area contributed by atoms with Gasteiger partial charge in [0.25, 0.3) is 0 Å². The van der Waals surface area contributed by atoms with Gasteiger partial charge in [-0.1, -0.05) is 18.2 Å². The highest BCUT2D eigenvalue weighted by atomic mass is 19.1. The number of nitrogens with one attached hydrogen (secondary N) is 1. The number of carbonyl (C=O) groups is 1. The first-order valence-corrected chi connectivity index (χ1v) is 5.93. The van der Waals surface area contributed by atoms with Crippen LogP contribution in [-0.4, -0.2) is 42.6 Å². The molecule has 4 nitrogen and oxygen atoms in total. The highest BCUT2D eigenvalue weighted by molar-refractivity contribution is 5.77. The molecule has 0 spiro atoms. The van der Waals surface area contributed by atoms with E-state index in [9.17, 15) is 14.3 Å². The first-order valence-electron chi connectivity index (χ1n) is 5.93. The summed E-state index contributed by atoms with van der Waals surface area (Å²) in [6, 6.07) is 6.06. The summed E-state index contributed by atoms with van der Waals surface area (Å²) in [6.45, 7) is 2.79. The number of hydrogen-bond acceptors (Lipinski definition) is 3. The van der Waals surface area contributed by atoms with Gasteiger partial charge in [-0.25, -0.2) is 4.39 Å². The zero-order valence-corrected chi connectivity index (χ0v) is 10.7. The van der Waals surface area contributed by atoms with Crippen molar-refractivity contribution in [2.24, 2.45) is 0 Å². The van der Waals surface area contributed by atoms with Crippen LogP contribution in [0.4, 0.5) is 4.39 Å². The molecule has 1 aromatic carbocycles. The molecule has 0 saturated heterocycles. The van der Waals surface area contributed by atoms with E-state index >= 15 is 0 Å². The molecule has 0 aliphatic heterocycles. The van der Waals surface area contributed by atoms with Crippen LogP contribution in [0.3, 0.4) is 0 Å². The van der Waals surface area contributed by atoms with E-state index in [4.69, 9.17) is 0 Å². The molecule has 1 aromatic rings. The van der Waals surface area contributed by atoms with Gasteiger partial charge >= 0.3 is 0 Å². The maximum Gasteiger partial charge on any atom is 0.236 e. The van der Waals surface area contributed by atoms with Crippen molar-refractivity contribution in [3.63, 3.8) is 0 Å². The standard InChI is InChI=1S/C13H19FN2O2/c1-3-16(2)13(18)9-15-8-12(17)10-6-4-5-7-11(10)14/h4-7,12,15,17H,3,8-9H2,1-2H3. The fraction of sp³-hybridized carbons (Fsp3) is 0.462. The lowest BCUT2D eigenvalue weighted by atomic mass is 10.1. The summed E-state index contributed by atoms with van der Waals surface area (Å²) in [5.41, 5.74) is 0.237. The summed E-state index contributed by atoms with van der Waals surface area (Å²) in [5.74, 6) is -0.498. The summed E-state index contributed by atoms with van der Waals surface area (Å²) in [5, 5.41) is 12.6. The minimum atomic E-state index is -0.953. The van der Waals surface area contributed by atoms with Gasteiger partial charge in [-0.2, -0.15) is 0 Å². The van der Waals surface area contributed by atoms with Crippen LogP contribution in [-0.2, 0) is 4.79 Å². The third kappa shape index (κ3) is 4.09. The first-order chi connectivity index (χ1) is 8.56. The highest BCUT2D eigenvalue weighted by Gasteiger charge is 2.12. The van der Waals surface area contributed by atoms with E-state index < -0.39 is 11.9 Å². The van der Waals surface area contributed by atoms with E-state index in [2.05, 4.69) is 5.32 Å². The minimum Gasteiger partial charge on any atom is -0.387 e. The van der Waals surface area contributed by atoms with Crippen molar-refractivity contribution in [2.45, 2.75) is 13.0 Å². The molecule has 18 heavy (non-hydrogen) atoms. The van der Waals surface area contributed by atoms with Crippen molar-refractivity contribution >= 4 is 5.91 Å². The number of likely N-dealkylation sites (N-methyl/N-ethyl adjacent to an activating group) is 1. The molecule has 1 unspecified atom stereocenters. The van der Waals surface area contributed by atoms with E-state index in [1.165, 1.54) is 12.1 Å². The molecule has 0 aromatic heterocycles. The lowest BCUT2D eigenvalue weighted by Gasteiger charge is -2.16. The fourth-order valence-electron chi connectivity index (χ4n) is 1.48. The van der Waals surface area contributed by atoms with Crippen LogP contribution in [0.1, 0.15) is 18.6 Å². The Balaban J connectivity index is 2.41. The third-order valence-electron chi connectivity index (χ3n) is 2.78. The number of hydrogen-bond donors (Lipinski definition) is 2. The van der Waals surface area contributed by atoms with Gasteiger partial charge in [0, 0.05) is 25.7 Å². The molecule has 0 aliphatic rings. The fourth-order valence-corrected chi connectivity index (χ4v) is 1.48. The predicted octanol–water partition coefficient (Wildman–Crippen LogP) is 0.927. The third-order valence-corrected chi connectivity index (χ3v) is 2.78. The molecule has 0 radical (unpaired) electrons. The number of aliphatic hydroxyl groups is 1. The van der Waals surface area contributed by atoms with Crippen molar-refractivity contribution < 1.29 is 14.3 Å². The van der Waals surface area contributed by atoms with E-state index in [0.717, 1.165) is 0 Å². The van der Waals surface area contributed by atoms with E-state index in [1.54, 1.807) is 24.1 Å². The average molecular weight is 254 g/mol. The summed E-state index contributed by atoms with van der Waals surface area (Å²) >= 11 is 0. The van der Waals surface area contributed by atoms with Gasteiger partial charge in [-0.3, -0.25) is 4.79 Å². The molecule has 1 atom stereocenters. The van der Waals surface area contributed by atoms with Gasteiger partial charge in [-0.15, -0.1) is 0 Å². The second-order valence-corrected chi connectivity index (χ2v) is 4.08. The van der Waals surface area contributed by atoms with E-state index in [1.807, 2.05) is 6.92 Å². The van der Waals surface area contributed by atoms with Crippen LogP contribution in [0, 0.1) is 5.82 Å². The van der Waals surface area contributed by atoms with Crippen LogP contribution >= 0.6 is 0 Å².